The van der Waals surface area contributed by atoms with E-state index in [1.54, 1.807) is 36.4 Å². The summed E-state index contributed by atoms with van der Waals surface area (Å²) in [5.41, 5.74) is 1.39. The molecule has 0 spiro atoms. The van der Waals surface area contributed by atoms with Crippen LogP contribution < -0.4 is 0 Å². The fraction of sp³-hybridized carbons (Fsp3) is 0.333. The van der Waals surface area contributed by atoms with E-state index in [9.17, 15) is 19.5 Å². The molecule has 1 atom stereocenters. The smallest absolute Gasteiger partial charge is 0.337 e. The fourth-order valence-electron chi connectivity index (χ4n) is 3.83. The monoisotopic (exact) mass is 437 g/mol. The van der Waals surface area contributed by atoms with E-state index in [1.165, 1.54) is 24.4 Å². The van der Waals surface area contributed by atoms with Crippen molar-refractivity contribution in [2.75, 3.05) is 33.3 Å². The standard InChI is InChI=1S/C24H27N3O5/c1-4-26(5-2)14-15-27-20(16-6-8-18(9-7-16)24(31)32-3)19(22(29)23(27)30)21(28)17-10-12-25-13-11-17/h6-13,20,28H,4-5,14-15H2,1-3H3. The van der Waals surface area contributed by atoms with E-state index in [4.69, 9.17) is 4.74 Å². The SMILES string of the molecule is CCN(CC)CCN1C(=O)C(=O)C(=C(O)c2ccncc2)C1c1ccc(C(=O)OC)cc1. The van der Waals surface area contributed by atoms with E-state index in [2.05, 4.69) is 9.88 Å². The predicted octanol–water partition coefficient (Wildman–Crippen LogP) is 2.63. The maximum atomic E-state index is 13.0. The minimum atomic E-state index is -0.773. The second-order valence-corrected chi connectivity index (χ2v) is 7.37. The predicted molar refractivity (Wildman–Crippen MR) is 119 cm³/mol. The quantitative estimate of drug-likeness (QED) is 0.293. The molecule has 168 valence electrons. The molecule has 8 heteroatoms. The number of pyridine rings is 1. The van der Waals surface area contributed by atoms with Crippen molar-refractivity contribution in [2.45, 2.75) is 19.9 Å². The highest BCUT2D eigenvalue weighted by Gasteiger charge is 2.46. The van der Waals surface area contributed by atoms with Crippen molar-refractivity contribution in [3.05, 3.63) is 71.1 Å². The highest BCUT2D eigenvalue weighted by Crippen LogP contribution is 2.39. The van der Waals surface area contributed by atoms with Crippen LogP contribution in [0.1, 0.15) is 41.4 Å². The number of Topliss-reactive ketones (excluding diaryl/α,β-unsaturated/α-hetero) is 1. The summed E-state index contributed by atoms with van der Waals surface area (Å²) in [5, 5.41) is 11.0. The van der Waals surface area contributed by atoms with E-state index in [1.807, 2.05) is 13.8 Å². The third kappa shape index (κ3) is 4.55. The second-order valence-electron chi connectivity index (χ2n) is 7.37. The Morgan fingerprint density at radius 2 is 1.69 bits per heavy atom. The lowest BCUT2D eigenvalue weighted by atomic mass is 9.95. The topological polar surface area (TPSA) is 100 Å². The molecule has 32 heavy (non-hydrogen) atoms. The lowest BCUT2D eigenvalue weighted by Gasteiger charge is -2.28. The minimum Gasteiger partial charge on any atom is -0.507 e. The van der Waals surface area contributed by atoms with Crippen LogP contribution in [0.5, 0.6) is 0 Å². The van der Waals surface area contributed by atoms with Gasteiger partial charge in [0.15, 0.2) is 0 Å². The van der Waals surface area contributed by atoms with Crippen LogP contribution in [0.3, 0.4) is 0 Å². The number of ketones is 1. The molecule has 1 aromatic carbocycles. The molecule has 2 aromatic rings. The van der Waals surface area contributed by atoms with Gasteiger partial charge < -0.3 is 19.6 Å². The second kappa shape index (κ2) is 10.2. The summed E-state index contributed by atoms with van der Waals surface area (Å²) in [6.45, 7) is 6.61. The van der Waals surface area contributed by atoms with Gasteiger partial charge in [-0.15, -0.1) is 0 Å². The number of rotatable bonds is 8. The zero-order valence-corrected chi connectivity index (χ0v) is 18.4. The first-order valence-corrected chi connectivity index (χ1v) is 10.5. The molecular weight excluding hydrogens is 410 g/mol. The van der Waals surface area contributed by atoms with Gasteiger partial charge in [0.2, 0.25) is 0 Å². The van der Waals surface area contributed by atoms with Crippen LogP contribution in [0.4, 0.5) is 0 Å². The number of aliphatic hydroxyl groups is 1. The Hall–Kier alpha value is -3.52. The number of aliphatic hydroxyl groups excluding tert-OH is 1. The molecule has 1 unspecified atom stereocenters. The van der Waals surface area contributed by atoms with Gasteiger partial charge in [0.1, 0.15) is 5.76 Å². The van der Waals surface area contributed by atoms with E-state index in [-0.39, 0.29) is 11.3 Å². The molecule has 0 bridgehead atoms. The van der Waals surface area contributed by atoms with Gasteiger partial charge in [0.25, 0.3) is 11.7 Å². The van der Waals surface area contributed by atoms with E-state index >= 15 is 0 Å². The van der Waals surface area contributed by atoms with Crippen molar-refractivity contribution in [2.24, 2.45) is 0 Å². The van der Waals surface area contributed by atoms with Crippen molar-refractivity contribution < 1.29 is 24.2 Å². The Kier molecular flexibility index (Phi) is 7.37. The molecule has 8 nitrogen and oxygen atoms in total. The first-order valence-electron chi connectivity index (χ1n) is 10.5. The highest BCUT2D eigenvalue weighted by atomic mass is 16.5. The van der Waals surface area contributed by atoms with Gasteiger partial charge in [0, 0.05) is 31.0 Å². The maximum absolute atomic E-state index is 13.0. The van der Waals surface area contributed by atoms with Crippen LogP contribution in [-0.2, 0) is 14.3 Å². The molecular formula is C24H27N3O5. The van der Waals surface area contributed by atoms with Gasteiger partial charge >= 0.3 is 5.97 Å². The van der Waals surface area contributed by atoms with Gasteiger partial charge in [-0.1, -0.05) is 26.0 Å². The number of carbonyl (C=O) groups excluding carboxylic acids is 3. The van der Waals surface area contributed by atoms with Crippen molar-refractivity contribution >= 4 is 23.4 Å². The third-order valence-corrected chi connectivity index (χ3v) is 5.69. The molecule has 1 aliphatic rings. The molecule has 0 saturated carbocycles. The van der Waals surface area contributed by atoms with Crippen LogP contribution in [0.2, 0.25) is 0 Å². The average molecular weight is 437 g/mol. The normalized spacial score (nSPS) is 17.8. The number of benzene rings is 1. The average Bonchev–Trinajstić information content (AvgIpc) is 3.09. The number of methoxy groups -OCH3 is 1. The molecule has 1 saturated heterocycles. The summed E-state index contributed by atoms with van der Waals surface area (Å²) in [4.78, 5) is 45.4. The largest absolute Gasteiger partial charge is 0.507 e. The summed E-state index contributed by atoms with van der Waals surface area (Å²) in [6, 6.07) is 8.90. The molecule has 1 fully saturated rings. The Labute approximate surface area is 187 Å². The van der Waals surface area contributed by atoms with Crippen LogP contribution in [0.25, 0.3) is 5.76 Å². The van der Waals surface area contributed by atoms with Gasteiger partial charge in [-0.3, -0.25) is 14.6 Å². The Balaban J connectivity index is 2.08. The number of likely N-dealkylation sites (tertiary alicyclic amines) is 1. The molecule has 1 aliphatic heterocycles. The number of hydrogen-bond acceptors (Lipinski definition) is 7. The summed E-state index contributed by atoms with van der Waals surface area (Å²) in [5.74, 6) is -2.13. The number of likely N-dealkylation sites (N-methyl/N-ethyl adjacent to an activating group) is 1. The number of nitrogens with zero attached hydrogens (tertiary/aromatic N) is 3. The first-order chi connectivity index (χ1) is 15.4. The first kappa shape index (κ1) is 23.1. The lowest BCUT2D eigenvalue weighted by molar-refractivity contribution is -0.140. The molecule has 2 heterocycles. The van der Waals surface area contributed by atoms with Crippen molar-refractivity contribution in [3.8, 4) is 0 Å². The Morgan fingerprint density at radius 1 is 1.06 bits per heavy atom. The van der Waals surface area contributed by atoms with Gasteiger partial charge in [0.05, 0.1) is 24.3 Å². The summed E-state index contributed by atoms with van der Waals surface area (Å²) < 4.78 is 4.75. The van der Waals surface area contributed by atoms with Gasteiger partial charge in [-0.05, 0) is 42.9 Å². The zero-order chi connectivity index (χ0) is 23.3. The van der Waals surface area contributed by atoms with Gasteiger partial charge in [-0.25, -0.2) is 4.79 Å². The highest BCUT2D eigenvalue weighted by molar-refractivity contribution is 6.46. The molecule has 1 amide bonds. The molecule has 1 N–H and O–H groups in total. The third-order valence-electron chi connectivity index (χ3n) is 5.69. The number of amides is 1. The zero-order valence-electron chi connectivity index (χ0n) is 18.4. The minimum absolute atomic E-state index is 0.0200. The summed E-state index contributed by atoms with van der Waals surface area (Å²) >= 11 is 0. The molecule has 0 radical (unpaired) electrons. The Bertz CT molecular complexity index is 1010. The summed E-state index contributed by atoms with van der Waals surface area (Å²) in [7, 11) is 1.30. The van der Waals surface area contributed by atoms with Crippen molar-refractivity contribution in [3.63, 3.8) is 0 Å². The Morgan fingerprint density at radius 3 is 2.25 bits per heavy atom. The number of carbonyl (C=O) groups is 3. The molecule has 0 aliphatic carbocycles. The molecule has 1 aromatic heterocycles. The molecule has 3 rings (SSSR count). The summed E-state index contributed by atoms with van der Waals surface area (Å²) in [6.07, 6.45) is 3.01. The van der Waals surface area contributed by atoms with E-state index in [0.29, 0.717) is 29.8 Å². The van der Waals surface area contributed by atoms with E-state index < -0.39 is 23.7 Å². The van der Waals surface area contributed by atoms with Gasteiger partial charge in [-0.2, -0.15) is 0 Å². The van der Waals surface area contributed by atoms with Crippen molar-refractivity contribution in [1.82, 2.24) is 14.8 Å². The number of esters is 1. The van der Waals surface area contributed by atoms with Crippen molar-refractivity contribution in [1.29, 1.82) is 0 Å². The number of hydrogen-bond donors (Lipinski definition) is 1. The van der Waals surface area contributed by atoms with E-state index in [0.717, 1.165) is 13.1 Å². The van der Waals surface area contributed by atoms with Crippen LogP contribution in [0, 0.1) is 0 Å². The van der Waals surface area contributed by atoms with Crippen LogP contribution >= 0.6 is 0 Å². The fourth-order valence-corrected chi connectivity index (χ4v) is 3.83. The van der Waals surface area contributed by atoms with Crippen LogP contribution in [-0.4, -0.2) is 70.8 Å². The lowest BCUT2D eigenvalue weighted by Crippen LogP contribution is -2.38. The number of aromatic nitrogens is 1. The maximum Gasteiger partial charge on any atom is 0.337 e. The van der Waals surface area contributed by atoms with Crippen LogP contribution in [0.15, 0.2) is 54.4 Å². The number of ether oxygens (including phenoxy) is 1.